The fourth-order valence-electron chi connectivity index (χ4n) is 1.83. The van der Waals surface area contributed by atoms with Gasteiger partial charge in [0.25, 0.3) is 0 Å². The molecule has 0 aliphatic heterocycles. The van der Waals surface area contributed by atoms with Crippen LogP contribution in [0.3, 0.4) is 0 Å². The van der Waals surface area contributed by atoms with Crippen LogP contribution in [0, 0.1) is 17.2 Å². The highest BCUT2D eigenvalue weighted by atomic mass is 32.2. The number of carbonyl (C=O) groups excluding carboxylic acids is 1. The number of sulfonamides is 1. The summed E-state index contributed by atoms with van der Waals surface area (Å²) < 4.78 is 22.3. The summed E-state index contributed by atoms with van der Waals surface area (Å²) in [6.07, 6.45) is 0.568. The summed E-state index contributed by atoms with van der Waals surface area (Å²) in [6.45, 7) is 2.53. The molecule has 2 amide bonds. The molecule has 0 radical (unpaired) electrons. The lowest BCUT2D eigenvalue weighted by Crippen LogP contribution is -2.40. The van der Waals surface area contributed by atoms with Gasteiger partial charge in [0.05, 0.1) is 16.9 Å². The molecule has 22 heavy (non-hydrogen) atoms. The summed E-state index contributed by atoms with van der Waals surface area (Å²) in [5, 5.41) is 16.5. The van der Waals surface area contributed by atoms with Crippen LogP contribution in [-0.4, -0.2) is 39.5 Å². The fourth-order valence-corrected chi connectivity index (χ4v) is 2.34. The number of rotatable bonds is 6. The first-order valence-corrected chi connectivity index (χ1v) is 8.29. The zero-order chi connectivity index (χ0) is 16.8. The van der Waals surface area contributed by atoms with Gasteiger partial charge in [0, 0.05) is 20.1 Å². The van der Waals surface area contributed by atoms with Gasteiger partial charge >= 0.3 is 6.03 Å². The van der Waals surface area contributed by atoms with Crippen LogP contribution in [-0.2, 0) is 16.4 Å². The molecular weight excluding hydrogens is 304 g/mol. The molecule has 1 atom stereocenters. The van der Waals surface area contributed by atoms with Gasteiger partial charge < -0.3 is 10.2 Å². The van der Waals surface area contributed by atoms with E-state index >= 15 is 0 Å². The number of benzene rings is 1. The third-order valence-electron chi connectivity index (χ3n) is 3.06. The Kier molecular flexibility index (Phi) is 6.34. The second-order valence-corrected chi connectivity index (χ2v) is 6.64. The van der Waals surface area contributed by atoms with Gasteiger partial charge in [-0.25, -0.2) is 18.4 Å². The van der Waals surface area contributed by atoms with E-state index in [1.54, 1.807) is 26.1 Å². The zero-order valence-electron chi connectivity index (χ0n) is 12.6. The van der Waals surface area contributed by atoms with Crippen molar-refractivity contribution in [3.05, 3.63) is 29.8 Å². The van der Waals surface area contributed by atoms with E-state index in [9.17, 15) is 13.2 Å². The molecule has 0 heterocycles. The Morgan fingerprint density at radius 1 is 1.41 bits per heavy atom. The number of carbonyl (C=O) groups is 1. The monoisotopic (exact) mass is 324 g/mol. The third-order valence-corrected chi connectivity index (χ3v) is 3.99. The van der Waals surface area contributed by atoms with Crippen LogP contribution in [0.4, 0.5) is 4.79 Å². The minimum Gasteiger partial charge on any atom is -0.338 e. The van der Waals surface area contributed by atoms with Crippen molar-refractivity contribution in [1.29, 1.82) is 5.26 Å². The number of nitrogens with two attached hydrogens (primary N) is 1. The zero-order valence-corrected chi connectivity index (χ0v) is 13.4. The smallest absolute Gasteiger partial charge is 0.317 e. The van der Waals surface area contributed by atoms with Crippen molar-refractivity contribution in [3.8, 4) is 6.07 Å². The minimum absolute atomic E-state index is 0.0607. The standard InChI is InChI=1S/C14H20N4O3S/c1-11(9-15)10-18(2)14(19)17-8-7-12-3-5-13(6-4-12)22(16,20)21/h3-6,11H,7-8,10H2,1-2H3,(H,17,19)(H2,16,20,21). The summed E-state index contributed by atoms with van der Waals surface area (Å²) >= 11 is 0. The Bertz CT molecular complexity index is 650. The number of nitrogens with one attached hydrogen (secondary N) is 1. The largest absolute Gasteiger partial charge is 0.338 e. The van der Waals surface area contributed by atoms with Crippen molar-refractivity contribution < 1.29 is 13.2 Å². The maximum absolute atomic E-state index is 11.8. The molecule has 7 nitrogen and oxygen atoms in total. The molecule has 0 fully saturated rings. The van der Waals surface area contributed by atoms with Crippen LogP contribution in [0.15, 0.2) is 29.2 Å². The lowest BCUT2D eigenvalue weighted by Gasteiger charge is -2.18. The quantitative estimate of drug-likeness (QED) is 0.800. The second-order valence-electron chi connectivity index (χ2n) is 5.08. The Hall–Kier alpha value is -2.11. The van der Waals surface area contributed by atoms with Crippen molar-refractivity contribution in [1.82, 2.24) is 10.2 Å². The molecule has 0 saturated heterocycles. The maximum Gasteiger partial charge on any atom is 0.317 e. The van der Waals surface area contributed by atoms with Crippen molar-refractivity contribution in [2.45, 2.75) is 18.2 Å². The molecule has 0 aliphatic rings. The van der Waals surface area contributed by atoms with Gasteiger partial charge in [0.15, 0.2) is 0 Å². The maximum atomic E-state index is 11.8. The van der Waals surface area contributed by atoms with E-state index in [1.807, 2.05) is 0 Å². The van der Waals surface area contributed by atoms with E-state index in [4.69, 9.17) is 10.4 Å². The minimum atomic E-state index is -3.68. The van der Waals surface area contributed by atoms with Crippen molar-refractivity contribution in [3.63, 3.8) is 0 Å². The van der Waals surface area contributed by atoms with Crippen LogP contribution in [0.2, 0.25) is 0 Å². The molecule has 0 bridgehead atoms. The first kappa shape index (κ1) is 17.9. The molecule has 1 aromatic carbocycles. The van der Waals surface area contributed by atoms with E-state index in [1.165, 1.54) is 17.0 Å². The summed E-state index contributed by atoms with van der Waals surface area (Å²) in [6, 6.07) is 8.02. The fraction of sp³-hybridized carbons (Fsp3) is 0.429. The van der Waals surface area contributed by atoms with Gasteiger partial charge in [0.2, 0.25) is 10.0 Å². The first-order valence-electron chi connectivity index (χ1n) is 6.74. The number of hydrogen-bond acceptors (Lipinski definition) is 4. The Morgan fingerprint density at radius 2 is 2.00 bits per heavy atom. The molecule has 0 aliphatic carbocycles. The predicted molar refractivity (Wildman–Crippen MR) is 82.3 cm³/mol. The van der Waals surface area contributed by atoms with Crippen LogP contribution in [0.25, 0.3) is 0 Å². The third kappa shape index (κ3) is 5.71. The molecule has 1 unspecified atom stereocenters. The number of primary sulfonamides is 1. The molecule has 0 saturated carbocycles. The summed E-state index contributed by atoms with van der Waals surface area (Å²) in [7, 11) is -2.05. The molecule has 1 aromatic rings. The van der Waals surface area contributed by atoms with Crippen LogP contribution < -0.4 is 10.5 Å². The van der Waals surface area contributed by atoms with Gasteiger partial charge in [0.1, 0.15) is 0 Å². The van der Waals surface area contributed by atoms with Gasteiger partial charge in [-0.15, -0.1) is 0 Å². The van der Waals surface area contributed by atoms with E-state index in [0.717, 1.165) is 5.56 Å². The van der Waals surface area contributed by atoms with Gasteiger partial charge in [-0.05, 0) is 31.0 Å². The van der Waals surface area contributed by atoms with Crippen molar-refractivity contribution in [2.75, 3.05) is 20.1 Å². The SMILES string of the molecule is CC(C#N)CN(C)C(=O)NCCc1ccc(S(N)(=O)=O)cc1. The van der Waals surface area contributed by atoms with Crippen LogP contribution >= 0.6 is 0 Å². The van der Waals surface area contributed by atoms with E-state index in [0.29, 0.717) is 19.5 Å². The first-order chi connectivity index (χ1) is 10.2. The summed E-state index contributed by atoms with van der Waals surface area (Å²) in [5.74, 6) is -0.221. The highest BCUT2D eigenvalue weighted by Gasteiger charge is 2.11. The van der Waals surface area contributed by atoms with Crippen molar-refractivity contribution >= 4 is 16.1 Å². The number of hydrogen-bond donors (Lipinski definition) is 2. The lowest BCUT2D eigenvalue weighted by molar-refractivity contribution is 0.206. The molecule has 1 rings (SSSR count). The molecule has 120 valence electrons. The van der Waals surface area contributed by atoms with E-state index in [2.05, 4.69) is 11.4 Å². The van der Waals surface area contributed by atoms with Gasteiger partial charge in [-0.3, -0.25) is 0 Å². The molecule has 3 N–H and O–H groups in total. The number of urea groups is 1. The number of nitrogens with zero attached hydrogens (tertiary/aromatic N) is 2. The average Bonchev–Trinajstić information content (AvgIpc) is 2.46. The molecule has 8 heteroatoms. The highest BCUT2D eigenvalue weighted by molar-refractivity contribution is 7.89. The van der Waals surface area contributed by atoms with Crippen LogP contribution in [0.1, 0.15) is 12.5 Å². The number of amides is 2. The second kappa shape index (κ2) is 7.77. The molecule has 0 aromatic heterocycles. The molecular formula is C14H20N4O3S. The lowest BCUT2D eigenvalue weighted by atomic mass is 10.1. The van der Waals surface area contributed by atoms with Gasteiger partial charge in [-0.2, -0.15) is 5.26 Å². The topological polar surface area (TPSA) is 116 Å². The highest BCUT2D eigenvalue weighted by Crippen LogP contribution is 2.09. The molecule has 0 spiro atoms. The van der Waals surface area contributed by atoms with E-state index in [-0.39, 0.29) is 16.8 Å². The normalized spacial score (nSPS) is 12.3. The van der Waals surface area contributed by atoms with Gasteiger partial charge in [-0.1, -0.05) is 12.1 Å². The van der Waals surface area contributed by atoms with Crippen molar-refractivity contribution in [2.24, 2.45) is 11.1 Å². The number of nitriles is 1. The Labute approximate surface area is 130 Å². The summed E-state index contributed by atoms with van der Waals surface area (Å²) in [5.41, 5.74) is 0.890. The predicted octanol–water partition coefficient (Wildman–Crippen LogP) is 0.678. The van der Waals surface area contributed by atoms with Crippen LogP contribution in [0.5, 0.6) is 0 Å². The Balaban J connectivity index is 2.44. The Morgan fingerprint density at radius 3 is 2.50 bits per heavy atom. The average molecular weight is 324 g/mol. The van der Waals surface area contributed by atoms with E-state index < -0.39 is 10.0 Å². The summed E-state index contributed by atoms with van der Waals surface area (Å²) in [4.78, 5) is 13.3.